The van der Waals surface area contributed by atoms with Gasteiger partial charge in [-0.3, -0.25) is 14.8 Å². The summed E-state index contributed by atoms with van der Waals surface area (Å²) in [7, 11) is 0. The Morgan fingerprint density at radius 1 is 1.07 bits per heavy atom. The Balaban J connectivity index is 0.00000109. The Morgan fingerprint density at radius 3 is 2.73 bits per heavy atom. The summed E-state index contributed by atoms with van der Waals surface area (Å²) in [6, 6.07) is 4.32. The van der Waals surface area contributed by atoms with Gasteiger partial charge >= 0.3 is 0 Å². The quantitative estimate of drug-likeness (QED) is 0.752. The van der Waals surface area contributed by atoms with Crippen LogP contribution in [-0.2, 0) is 25.9 Å². The van der Waals surface area contributed by atoms with Crippen LogP contribution in [-0.4, -0.2) is 45.8 Å². The molecule has 6 rings (SSSR count). The van der Waals surface area contributed by atoms with E-state index in [1.54, 1.807) is 0 Å². The van der Waals surface area contributed by atoms with Crippen LogP contribution in [0.5, 0.6) is 0 Å². The number of pyridine rings is 1. The summed E-state index contributed by atoms with van der Waals surface area (Å²) in [5.74, 6) is 1.81. The maximum absolute atomic E-state index is 13.2. The molecule has 2 N–H and O–H groups in total. The van der Waals surface area contributed by atoms with Crippen LogP contribution in [0, 0.1) is 5.92 Å². The monoisotopic (exact) mass is 451 g/mol. The largest absolute Gasteiger partial charge is 0.316 e. The van der Waals surface area contributed by atoms with Gasteiger partial charge in [0.15, 0.2) is 0 Å². The number of fused-ring (bicyclic) bond motifs is 5. The SMILES string of the molecule is Cl.Cl.O=c1c(CN2CCc3[nH]nc(C4CC4)c3CC2)ccc2n1C[C@@H]1CNC[C@H]2C1. The molecule has 0 radical (unpaired) electrons. The molecule has 2 aromatic rings. The van der Waals surface area contributed by atoms with Crippen LogP contribution in [0.15, 0.2) is 16.9 Å². The topological polar surface area (TPSA) is 66.0 Å². The molecule has 1 saturated heterocycles. The lowest BCUT2D eigenvalue weighted by atomic mass is 9.84. The number of halogens is 2. The second kappa shape index (κ2) is 8.65. The molecule has 3 aliphatic heterocycles. The zero-order valence-electron chi connectivity index (χ0n) is 17.2. The van der Waals surface area contributed by atoms with Crippen LogP contribution in [0.2, 0.25) is 0 Å². The molecule has 0 amide bonds. The normalized spacial score (nSPS) is 25.3. The van der Waals surface area contributed by atoms with Crippen molar-refractivity contribution in [3.05, 3.63) is 50.7 Å². The third-order valence-electron chi connectivity index (χ3n) is 7.29. The van der Waals surface area contributed by atoms with E-state index in [9.17, 15) is 4.79 Å². The highest BCUT2D eigenvalue weighted by molar-refractivity contribution is 5.85. The first kappa shape index (κ1) is 21.9. The number of aromatic nitrogens is 3. The molecule has 5 heterocycles. The summed E-state index contributed by atoms with van der Waals surface area (Å²) in [4.78, 5) is 15.7. The van der Waals surface area contributed by atoms with Crippen LogP contribution in [0.25, 0.3) is 0 Å². The van der Waals surface area contributed by atoms with E-state index in [0.29, 0.717) is 17.8 Å². The molecule has 1 aliphatic carbocycles. The van der Waals surface area contributed by atoms with Gasteiger partial charge in [0.2, 0.25) is 0 Å². The third kappa shape index (κ3) is 3.83. The van der Waals surface area contributed by atoms with E-state index in [1.807, 2.05) is 0 Å². The molecule has 6 nitrogen and oxygen atoms in total. The number of nitrogens with one attached hydrogen (secondary N) is 2. The van der Waals surface area contributed by atoms with Gasteiger partial charge in [-0.15, -0.1) is 24.8 Å². The van der Waals surface area contributed by atoms with Crippen molar-refractivity contribution in [1.29, 1.82) is 0 Å². The molecule has 2 fully saturated rings. The predicted octanol–water partition coefficient (Wildman–Crippen LogP) is 2.60. The smallest absolute Gasteiger partial charge is 0.255 e. The minimum absolute atomic E-state index is 0. The number of rotatable bonds is 3. The molecular formula is C22H31Cl2N5O. The van der Waals surface area contributed by atoms with Crippen LogP contribution < -0.4 is 10.9 Å². The van der Waals surface area contributed by atoms with E-state index in [-0.39, 0.29) is 30.4 Å². The number of aromatic amines is 1. The standard InChI is InChI=1S/C22H29N5O.2ClH/c28-22-16(3-4-20-17-9-14(10-23-11-17)12-27(20)22)13-26-7-5-18-19(6-8-26)24-25-21(18)15-1-2-15;;/h3-4,14-15,17,23H,1-2,5-13H2,(H,24,25);2*1H/t14-,17+;;/m0../s1. The number of H-pyrrole nitrogens is 1. The van der Waals surface area contributed by atoms with Gasteiger partial charge in [-0.1, -0.05) is 6.07 Å². The Labute approximate surface area is 189 Å². The summed E-state index contributed by atoms with van der Waals surface area (Å²) in [6.07, 6.45) is 5.89. The minimum Gasteiger partial charge on any atom is -0.316 e. The van der Waals surface area contributed by atoms with E-state index < -0.39 is 0 Å². The second-order valence-corrected chi connectivity index (χ2v) is 9.27. The molecule has 4 aliphatic rings. The van der Waals surface area contributed by atoms with E-state index in [0.717, 1.165) is 57.7 Å². The number of piperidine rings is 1. The highest BCUT2D eigenvalue weighted by atomic mass is 35.5. The molecule has 1 saturated carbocycles. The molecule has 0 aromatic carbocycles. The maximum atomic E-state index is 13.2. The maximum Gasteiger partial charge on any atom is 0.255 e. The molecule has 2 aromatic heterocycles. The van der Waals surface area contributed by atoms with Crippen LogP contribution in [0.3, 0.4) is 0 Å². The van der Waals surface area contributed by atoms with Gasteiger partial charge in [-0.05, 0) is 49.8 Å². The van der Waals surface area contributed by atoms with Crippen molar-refractivity contribution < 1.29 is 0 Å². The van der Waals surface area contributed by atoms with Gasteiger partial charge in [-0.25, -0.2) is 0 Å². The van der Waals surface area contributed by atoms with Gasteiger partial charge in [-0.2, -0.15) is 5.10 Å². The van der Waals surface area contributed by atoms with Gasteiger partial charge in [0, 0.05) is 67.9 Å². The fourth-order valence-electron chi connectivity index (χ4n) is 5.60. The molecular weight excluding hydrogens is 421 g/mol. The van der Waals surface area contributed by atoms with Crippen molar-refractivity contribution in [2.24, 2.45) is 5.92 Å². The molecule has 30 heavy (non-hydrogen) atoms. The number of hydrogen-bond donors (Lipinski definition) is 2. The van der Waals surface area contributed by atoms with E-state index in [2.05, 4.69) is 37.1 Å². The predicted molar refractivity (Wildman–Crippen MR) is 122 cm³/mol. The first-order chi connectivity index (χ1) is 13.8. The van der Waals surface area contributed by atoms with Crippen molar-refractivity contribution in [1.82, 2.24) is 25.0 Å². The third-order valence-corrected chi connectivity index (χ3v) is 7.29. The molecule has 164 valence electrons. The average Bonchev–Trinajstić information content (AvgIpc) is 3.50. The summed E-state index contributed by atoms with van der Waals surface area (Å²) < 4.78 is 2.09. The molecule has 2 atom stereocenters. The van der Waals surface area contributed by atoms with Gasteiger partial charge in [0.05, 0.1) is 5.69 Å². The minimum atomic E-state index is 0. The number of nitrogens with zero attached hydrogens (tertiary/aromatic N) is 3. The first-order valence-corrected chi connectivity index (χ1v) is 11.0. The summed E-state index contributed by atoms with van der Waals surface area (Å²) >= 11 is 0. The number of hydrogen-bond acceptors (Lipinski definition) is 4. The van der Waals surface area contributed by atoms with Gasteiger partial charge in [0.25, 0.3) is 5.56 Å². The van der Waals surface area contributed by atoms with Crippen molar-refractivity contribution in [2.75, 3.05) is 26.2 Å². The van der Waals surface area contributed by atoms with Crippen LogP contribution in [0.4, 0.5) is 0 Å². The summed E-state index contributed by atoms with van der Waals surface area (Å²) in [5, 5.41) is 11.4. The fraction of sp³-hybridized carbons (Fsp3) is 0.636. The van der Waals surface area contributed by atoms with Crippen molar-refractivity contribution in [3.8, 4) is 0 Å². The lowest BCUT2D eigenvalue weighted by molar-refractivity contribution is 0.251. The molecule has 8 heteroatoms. The first-order valence-electron chi connectivity index (χ1n) is 11.0. The zero-order chi connectivity index (χ0) is 18.7. The van der Waals surface area contributed by atoms with Crippen molar-refractivity contribution in [3.63, 3.8) is 0 Å². The van der Waals surface area contributed by atoms with Crippen molar-refractivity contribution >= 4 is 24.8 Å². The summed E-state index contributed by atoms with van der Waals surface area (Å²) in [5.41, 5.74) is 6.56. The Bertz CT molecular complexity index is 967. The van der Waals surface area contributed by atoms with Crippen LogP contribution in [0.1, 0.15) is 59.3 Å². The van der Waals surface area contributed by atoms with Gasteiger partial charge in [0.1, 0.15) is 0 Å². The Morgan fingerprint density at radius 2 is 1.90 bits per heavy atom. The van der Waals surface area contributed by atoms with E-state index >= 15 is 0 Å². The molecule has 0 spiro atoms. The Kier molecular flexibility index (Phi) is 6.31. The highest BCUT2D eigenvalue weighted by Crippen LogP contribution is 2.41. The summed E-state index contributed by atoms with van der Waals surface area (Å²) in [6.45, 7) is 5.72. The van der Waals surface area contributed by atoms with Crippen molar-refractivity contribution in [2.45, 2.75) is 57.0 Å². The van der Waals surface area contributed by atoms with E-state index in [1.165, 1.54) is 41.9 Å². The lowest BCUT2D eigenvalue weighted by Crippen LogP contribution is -2.45. The Hall–Kier alpha value is -1.34. The average molecular weight is 452 g/mol. The molecule has 2 bridgehead atoms. The van der Waals surface area contributed by atoms with Gasteiger partial charge < -0.3 is 9.88 Å². The zero-order valence-corrected chi connectivity index (χ0v) is 18.9. The van der Waals surface area contributed by atoms with Crippen LogP contribution >= 0.6 is 24.8 Å². The fourth-order valence-corrected chi connectivity index (χ4v) is 5.60. The lowest BCUT2D eigenvalue weighted by Gasteiger charge is -2.37. The van der Waals surface area contributed by atoms with E-state index in [4.69, 9.17) is 0 Å². The molecule has 0 unspecified atom stereocenters. The highest BCUT2D eigenvalue weighted by Gasteiger charge is 2.32. The second-order valence-electron chi connectivity index (χ2n) is 9.27.